The van der Waals surface area contributed by atoms with E-state index < -0.39 is 10.0 Å². The molecule has 8 nitrogen and oxygen atoms in total. The average Bonchev–Trinajstić information content (AvgIpc) is 3.15. The molecule has 35 heavy (non-hydrogen) atoms. The summed E-state index contributed by atoms with van der Waals surface area (Å²) in [6.07, 6.45) is 11.1. The highest BCUT2D eigenvalue weighted by atomic mass is 32.2. The molecule has 3 aromatic rings. The normalized spacial score (nSPS) is 17.0. The Bertz CT molecular complexity index is 1430. The molecule has 1 fully saturated rings. The lowest BCUT2D eigenvalue weighted by Crippen LogP contribution is -2.25. The van der Waals surface area contributed by atoms with Gasteiger partial charge in [0.2, 0.25) is 11.8 Å². The van der Waals surface area contributed by atoms with Crippen LogP contribution in [0.2, 0.25) is 0 Å². The van der Waals surface area contributed by atoms with E-state index in [0.29, 0.717) is 5.88 Å². The summed E-state index contributed by atoms with van der Waals surface area (Å²) in [6, 6.07) is 8.42. The number of rotatable bonds is 6. The first-order valence-electron chi connectivity index (χ1n) is 11.8. The monoisotopic (exact) mass is 494 g/mol. The van der Waals surface area contributed by atoms with E-state index >= 15 is 0 Å². The van der Waals surface area contributed by atoms with Crippen LogP contribution in [0.5, 0.6) is 11.8 Å². The molecule has 1 aliphatic carbocycles. The maximum absolute atomic E-state index is 13.3. The van der Waals surface area contributed by atoms with Crippen molar-refractivity contribution in [2.75, 3.05) is 32.0 Å². The molecule has 0 unspecified atom stereocenters. The van der Waals surface area contributed by atoms with Crippen LogP contribution in [0.1, 0.15) is 30.5 Å². The summed E-state index contributed by atoms with van der Waals surface area (Å²) in [5, 5.41) is 0.944. The Balaban J connectivity index is 1.49. The fraction of sp³-hybridized carbons (Fsp3) is 0.346. The molecule has 0 radical (unpaired) electrons. The van der Waals surface area contributed by atoms with Crippen molar-refractivity contribution in [2.24, 2.45) is 7.05 Å². The quantitative estimate of drug-likeness (QED) is 0.549. The zero-order valence-corrected chi connectivity index (χ0v) is 21.1. The van der Waals surface area contributed by atoms with E-state index in [-0.39, 0.29) is 16.5 Å². The molecule has 3 heterocycles. The van der Waals surface area contributed by atoms with Gasteiger partial charge in [-0.05, 0) is 60.7 Å². The van der Waals surface area contributed by atoms with E-state index in [1.54, 1.807) is 24.3 Å². The third-order valence-electron chi connectivity index (χ3n) is 6.69. The van der Waals surface area contributed by atoms with Gasteiger partial charge in [-0.2, -0.15) is 4.98 Å². The largest absolute Gasteiger partial charge is 0.481 e. The number of benzene rings is 1. The van der Waals surface area contributed by atoms with Crippen molar-refractivity contribution in [1.82, 2.24) is 14.5 Å². The predicted octanol–water partition coefficient (Wildman–Crippen LogP) is 4.33. The Labute approximate surface area is 205 Å². The van der Waals surface area contributed by atoms with Gasteiger partial charge in [-0.25, -0.2) is 8.42 Å². The topological polar surface area (TPSA) is 85.7 Å². The van der Waals surface area contributed by atoms with Crippen LogP contribution in [-0.4, -0.2) is 50.2 Å². The number of anilines is 1. The summed E-state index contributed by atoms with van der Waals surface area (Å²) in [6.45, 7) is 2.19. The molecule has 1 N–H and O–H groups in total. The zero-order valence-electron chi connectivity index (χ0n) is 20.2. The second-order valence-corrected chi connectivity index (χ2v) is 10.6. The second kappa shape index (κ2) is 9.30. The van der Waals surface area contributed by atoms with Gasteiger partial charge in [0.15, 0.2) is 0 Å². The predicted molar refractivity (Wildman–Crippen MR) is 137 cm³/mol. The summed E-state index contributed by atoms with van der Waals surface area (Å²) in [5.41, 5.74) is 4.75. The maximum Gasteiger partial charge on any atom is 0.262 e. The average molecular weight is 495 g/mol. The number of ether oxygens (including phenoxy) is 2. The van der Waals surface area contributed by atoms with Gasteiger partial charge >= 0.3 is 0 Å². The lowest BCUT2D eigenvalue weighted by atomic mass is 9.97. The lowest BCUT2D eigenvalue weighted by Gasteiger charge is -2.26. The van der Waals surface area contributed by atoms with Crippen molar-refractivity contribution >= 4 is 32.7 Å². The Hall–Kier alpha value is -3.46. The van der Waals surface area contributed by atoms with Gasteiger partial charge < -0.3 is 18.9 Å². The summed E-state index contributed by atoms with van der Waals surface area (Å²) < 4.78 is 41.7. The van der Waals surface area contributed by atoms with Crippen molar-refractivity contribution in [2.45, 2.75) is 30.6 Å². The van der Waals surface area contributed by atoms with E-state index in [2.05, 4.69) is 37.5 Å². The van der Waals surface area contributed by atoms with Gasteiger partial charge in [-0.3, -0.25) is 4.72 Å². The molecule has 0 spiro atoms. The van der Waals surface area contributed by atoms with Crippen LogP contribution in [0.15, 0.2) is 53.1 Å². The number of pyridine rings is 1. The molecular formula is C26H30N4O4S. The standard InChI is InChI=1S/C26H30N4O4S/c1-29-23-10-7-18(17-30-13-5-4-6-14-30)15-20(23)21-16-19(8-11-24(21)29)35(31,32)28-22-9-12-25(33-2)27-26(22)34-3/h7-12,16-17,28H,4-6,13-15H2,1-3H3. The number of aryl methyl sites for hydroxylation is 1. The van der Waals surface area contributed by atoms with Crippen LogP contribution in [0.3, 0.4) is 0 Å². The Morgan fingerprint density at radius 1 is 1.03 bits per heavy atom. The maximum atomic E-state index is 13.3. The van der Waals surface area contributed by atoms with Gasteiger partial charge in [0.1, 0.15) is 5.69 Å². The minimum Gasteiger partial charge on any atom is -0.481 e. The van der Waals surface area contributed by atoms with Gasteiger partial charge in [-0.15, -0.1) is 0 Å². The van der Waals surface area contributed by atoms with Gasteiger partial charge in [-0.1, -0.05) is 6.08 Å². The number of nitrogens with one attached hydrogen (secondary N) is 1. The number of fused-ring (bicyclic) bond motifs is 3. The fourth-order valence-corrected chi connectivity index (χ4v) is 5.96. The number of piperidine rings is 1. The highest BCUT2D eigenvalue weighted by Crippen LogP contribution is 2.35. The molecule has 5 rings (SSSR count). The zero-order chi connectivity index (χ0) is 24.6. The third-order valence-corrected chi connectivity index (χ3v) is 8.06. The van der Waals surface area contributed by atoms with Gasteiger partial charge in [0.25, 0.3) is 10.0 Å². The minimum absolute atomic E-state index is 0.142. The molecule has 184 valence electrons. The number of likely N-dealkylation sites (tertiary alicyclic amines) is 1. The SMILES string of the molecule is COc1ccc(NS(=O)(=O)c2ccc3c(c2)c2c(n3C)C=CC(=CN3CCCCC3)C2)c(OC)n1. The molecule has 1 aromatic carbocycles. The molecule has 0 amide bonds. The van der Waals surface area contributed by atoms with Crippen LogP contribution in [0, 0.1) is 0 Å². The minimum atomic E-state index is -3.87. The number of hydrogen-bond donors (Lipinski definition) is 1. The molecule has 1 aliphatic heterocycles. The molecule has 0 saturated carbocycles. The van der Waals surface area contributed by atoms with Crippen LogP contribution in [-0.2, 0) is 23.5 Å². The number of allylic oxidation sites excluding steroid dienone is 2. The first-order chi connectivity index (χ1) is 16.9. The molecule has 2 aromatic heterocycles. The first kappa shape index (κ1) is 23.3. The summed E-state index contributed by atoms with van der Waals surface area (Å²) in [4.78, 5) is 6.75. The van der Waals surface area contributed by atoms with E-state index in [1.807, 2.05) is 13.1 Å². The van der Waals surface area contributed by atoms with Crippen LogP contribution < -0.4 is 14.2 Å². The number of sulfonamides is 1. The van der Waals surface area contributed by atoms with Gasteiger partial charge in [0, 0.05) is 55.4 Å². The molecular weight excluding hydrogens is 464 g/mol. The van der Waals surface area contributed by atoms with Crippen molar-refractivity contribution in [1.29, 1.82) is 0 Å². The number of hydrogen-bond acceptors (Lipinski definition) is 6. The number of nitrogens with zero attached hydrogens (tertiary/aromatic N) is 3. The van der Waals surface area contributed by atoms with Gasteiger partial charge in [0.05, 0.1) is 19.1 Å². The van der Waals surface area contributed by atoms with Crippen molar-refractivity contribution in [3.8, 4) is 11.8 Å². The number of methoxy groups -OCH3 is 2. The van der Waals surface area contributed by atoms with Crippen molar-refractivity contribution < 1.29 is 17.9 Å². The second-order valence-electron chi connectivity index (χ2n) is 8.93. The Kier molecular flexibility index (Phi) is 6.19. The van der Waals surface area contributed by atoms with E-state index in [4.69, 9.17) is 9.47 Å². The molecule has 0 atom stereocenters. The Morgan fingerprint density at radius 2 is 1.83 bits per heavy atom. The molecule has 2 aliphatic rings. The molecule has 0 bridgehead atoms. The smallest absolute Gasteiger partial charge is 0.262 e. The van der Waals surface area contributed by atoms with Crippen molar-refractivity contribution in [3.05, 3.63) is 59.4 Å². The van der Waals surface area contributed by atoms with E-state index in [9.17, 15) is 8.42 Å². The highest BCUT2D eigenvalue weighted by molar-refractivity contribution is 7.92. The fourth-order valence-electron chi connectivity index (χ4n) is 4.88. The summed E-state index contributed by atoms with van der Waals surface area (Å²) >= 11 is 0. The van der Waals surface area contributed by atoms with Crippen molar-refractivity contribution in [3.63, 3.8) is 0 Å². The van der Waals surface area contributed by atoms with Crippen LogP contribution in [0.25, 0.3) is 17.0 Å². The third kappa shape index (κ3) is 4.48. The number of aromatic nitrogens is 2. The van der Waals surface area contributed by atoms with E-state index in [1.165, 1.54) is 39.1 Å². The first-order valence-corrected chi connectivity index (χ1v) is 13.2. The molecule has 1 saturated heterocycles. The van der Waals surface area contributed by atoms with Crippen LogP contribution >= 0.6 is 0 Å². The lowest BCUT2D eigenvalue weighted by molar-refractivity contribution is 0.307. The molecule has 9 heteroatoms. The summed E-state index contributed by atoms with van der Waals surface area (Å²) in [5.74, 6) is 0.479. The Morgan fingerprint density at radius 3 is 2.57 bits per heavy atom. The van der Waals surface area contributed by atoms with Crippen LogP contribution in [0.4, 0.5) is 5.69 Å². The highest BCUT2D eigenvalue weighted by Gasteiger charge is 2.23. The van der Waals surface area contributed by atoms with E-state index in [0.717, 1.165) is 41.7 Å². The summed E-state index contributed by atoms with van der Waals surface area (Å²) in [7, 11) is 1.07.